The Bertz CT molecular complexity index is 679. The van der Waals surface area contributed by atoms with Crippen molar-refractivity contribution in [2.45, 2.75) is 26.8 Å². The number of ether oxygens (including phenoxy) is 1. The summed E-state index contributed by atoms with van der Waals surface area (Å²) in [6.45, 7) is 7.63. The average Bonchev–Trinajstić information content (AvgIpc) is 3.02. The lowest BCUT2D eigenvalue weighted by molar-refractivity contribution is 0.102. The standard InChI is InChI=1S/C18H24N4O3/c1-14(2)12-16-19-17(25-20-16)13-21-8-10-22(11-9-21)18(23)24-15-6-4-3-5-7-15/h3-7,14H,8-13H2,1-2H3. The first-order chi connectivity index (χ1) is 12.1. The van der Waals surface area contributed by atoms with Crippen molar-refractivity contribution in [2.24, 2.45) is 5.92 Å². The normalized spacial score (nSPS) is 15.6. The number of hydrogen-bond donors (Lipinski definition) is 0. The lowest BCUT2D eigenvalue weighted by Crippen LogP contribution is -2.49. The van der Waals surface area contributed by atoms with E-state index in [9.17, 15) is 4.79 Å². The molecule has 3 rings (SSSR count). The molecule has 1 amide bonds. The van der Waals surface area contributed by atoms with Crippen molar-refractivity contribution in [1.29, 1.82) is 0 Å². The molecule has 2 aromatic rings. The molecule has 0 saturated carbocycles. The highest BCUT2D eigenvalue weighted by Crippen LogP contribution is 2.13. The van der Waals surface area contributed by atoms with Crippen molar-refractivity contribution < 1.29 is 14.1 Å². The Morgan fingerprint density at radius 3 is 2.60 bits per heavy atom. The van der Waals surface area contributed by atoms with E-state index < -0.39 is 0 Å². The van der Waals surface area contributed by atoms with Gasteiger partial charge in [0.25, 0.3) is 0 Å². The Kier molecular flexibility index (Phi) is 5.65. The van der Waals surface area contributed by atoms with Gasteiger partial charge in [-0.15, -0.1) is 0 Å². The quantitative estimate of drug-likeness (QED) is 0.830. The molecule has 1 aliphatic heterocycles. The van der Waals surface area contributed by atoms with Gasteiger partial charge in [-0.05, 0) is 18.1 Å². The number of hydrogen-bond acceptors (Lipinski definition) is 6. The predicted molar refractivity (Wildman–Crippen MR) is 92.2 cm³/mol. The highest BCUT2D eigenvalue weighted by Gasteiger charge is 2.23. The first-order valence-corrected chi connectivity index (χ1v) is 8.66. The number of amides is 1. The van der Waals surface area contributed by atoms with Crippen LogP contribution in [0, 0.1) is 5.92 Å². The van der Waals surface area contributed by atoms with E-state index in [4.69, 9.17) is 9.26 Å². The maximum Gasteiger partial charge on any atom is 0.415 e. The summed E-state index contributed by atoms with van der Waals surface area (Å²) in [5, 5.41) is 4.01. The van der Waals surface area contributed by atoms with E-state index in [0.717, 1.165) is 25.3 Å². The zero-order valence-corrected chi connectivity index (χ0v) is 14.7. The Balaban J connectivity index is 1.45. The minimum atomic E-state index is -0.303. The first kappa shape index (κ1) is 17.4. The monoisotopic (exact) mass is 344 g/mol. The van der Waals surface area contributed by atoms with Crippen molar-refractivity contribution in [1.82, 2.24) is 19.9 Å². The van der Waals surface area contributed by atoms with Crippen LogP contribution in [0.5, 0.6) is 5.75 Å². The van der Waals surface area contributed by atoms with Gasteiger partial charge in [0.1, 0.15) is 5.75 Å². The van der Waals surface area contributed by atoms with Crippen LogP contribution in [0.4, 0.5) is 4.79 Å². The van der Waals surface area contributed by atoms with Gasteiger partial charge >= 0.3 is 6.09 Å². The molecule has 1 saturated heterocycles. The molecular weight excluding hydrogens is 320 g/mol. The summed E-state index contributed by atoms with van der Waals surface area (Å²) in [6.07, 6.45) is 0.519. The van der Waals surface area contributed by atoms with Gasteiger partial charge in [-0.1, -0.05) is 37.2 Å². The predicted octanol–water partition coefficient (Wildman–Crippen LogP) is 2.58. The van der Waals surface area contributed by atoms with Gasteiger partial charge < -0.3 is 14.2 Å². The summed E-state index contributed by atoms with van der Waals surface area (Å²) in [4.78, 5) is 20.5. The molecule has 25 heavy (non-hydrogen) atoms. The topological polar surface area (TPSA) is 71.7 Å². The number of para-hydroxylation sites is 1. The highest BCUT2D eigenvalue weighted by molar-refractivity contribution is 5.70. The van der Waals surface area contributed by atoms with E-state index in [1.807, 2.05) is 18.2 Å². The summed E-state index contributed by atoms with van der Waals surface area (Å²) >= 11 is 0. The van der Waals surface area contributed by atoms with Crippen LogP contribution < -0.4 is 4.74 Å². The van der Waals surface area contributed by atoms with Gasteiger partial charge in [0.2, 0.25) is 5.89 Å². The summed E-state index contributed by atoms with van der Waals surface area (Å²) in [5.74, 6) is 2.47. The summed E-state index contributed by atoms with van der Waals surface area (Å²) in [6, 6.07) is 9.13. The van der Waals surface area contributed by atoms with Crippen molar-refractivity contribution in [3.05, 3.63) is 42.0 Å². The minimum absolute atomic E-state index is 0.303. The average molecular weight is 344 g/mol. The second-order valence-corrected chi connectivity index (χ2v) is 6.65. The number of carbonyl (C=O) groups excluding carboxylic acids is 1. The lowest BCUT2D eigenvalue weighted by Gasteiger charge is -2.33. The van der Waals surface area contributed by atoms with Crippen LogP contribution in [0.25, 0.3) is 0 Å². The number of piperazine rings is 1. The number of nitrogens with zero attached hydrogens (tertiary/aromatic N) is 4. The third kappa shape index (κ3) is 5.03. The van der Waals surface area contributed by atoms with Crippen molar-refractivity contribution in [3.63, 3.8) is 0 Å². The van der Waals surface area contributed by atoms with E-state index in [1.54, 1.807) is 17.0 Å². The number of aromatic nitrogens is 2. The number of carbonyl (C=O) groups is 1. The first-order valence-electron chi connectivity index (χ1n) is 8.66. The molecule has 1 aromatic carbocycles. The molecule has 0 N–H and O–H groups in total. The molecule has 0 unspecified atom stereocenters. The smallest absolute Gasteiger partial charge is 0.410 e. The lowest BCUT2D eigenvalue weighted by atomic mass is 10.1. The third-order valence-electron chi connectivity index (χ3n) is 4.04. The minimum Gasteiger partial charge on any atom is -0.410 e. The molecule has 0 radical (unpaired) electrons. The van der Waals surface area contributed by atoms with Crippen molar-refractivity contribution >= 4 is 6.09 Å². The van der Waals surface area contributed by atoms with Crippen LogP contribution in [-0.2, 0) is 13.0 Å². The molecule has 1 aromatic heterocycles. The fraction of sp³-hybridized carbons (Fsp3) is 0.500. The fourth-order valence-corrected chi connectivity index (χ4v) is 2.74. The molecule has 1 aliphatic rings. The van der Waals surface area contributed by atoms with Gasteiger partial charge in [0.15, 0.2) is 5.82 Å². The van der Waals surface area contributed by atoms with Crippen molar-refractivity contribution in [3.8, 4) is 5.75 Å². The second-order valence-electron chi connectivity index (χ2n) is 6.65. The van der Waals surface area contributed by atoms with Crippen LogP contribution in [0.1, 0.15) is 25.6 Å². The zero-order chi connectivity index (χ0) is 17.6. The van der Waals surface area contributed by atoms with E-state index in [-0.39, 0.29) is 6.09 Å². The fourth-order valence-electron chi connectivity index (χ4n) is 2.74. The summed E-state index contributed by atoms with van der Waals surface area (Å²) in [5.41, 5.74) is 0. The SMILES string of the molecule is CC(C)Cc1noc(CN2CCN(C(=O)Oc3ccccc3)CC2)n1. The highest BCUT2D eigenvalue weighted by atomic mass is 16.6. The van der Waals surface area contributed by atoms with Crippen molar-refractivity contribution in [2.75, 3.05) is 26.2 Å². The largest absolute Gasteiger partial charge is 0.415 e. The molecule has 0 aliphatic carbocycles. The number of benzene rings is 1. The Morgan fingerprint density at radius 1 is 1.20 bits per heavy atom. The third-order valence-corrected chi connectivity index (χ3v) is 4.04. The van der Waals surface area contributed by atoms with Crippen LogP contribution in [0.3, 0.4) is 0 Å². The molecule has 0 bridgehead atoms. The van der Waals surface area contributed by atoms with Gasteiger partial charge in [-0.25, -0.2) is 4.79 Å². The molecule has 0 atom stereocenters. The molecule has 7 heteroatoms. The zero-order valence-electron chi connectivity index (χ0n) is 14.7. The summed E-state index contributed by atoms with van der Waals surface area (Å²) in [7, 11) is 0. The molecule has 7 nitrogen and oxygen atoms in total. The Hall–Kier alpha value is -2.41. The maximum atomic E-state index is 12.2. The van der Waals surface area contributed by atoms with Crippen LogP contribution in [0.2, 0.25) is 0 Å². The van der Waals surface area contributed by atoms with E-state index in [0.29, 0.717) is 37.2 Å². The number of rotatable bonds is 5. The molecular formula is C18H24N4O3. The van der Waals surface area contributed by atoms with Gasteiger partial charge in [0.05, 0.1) is 6.54 Å². The van der Waals surface area contributed by atoms with Crippen LogP contribution >= 0.6 is 0 Å². The molecule has 134 valence electrons. The van der Waals surface area contributed by atoms with Crippen LogP contribution in [-0.4, -0.2) is 52.2 Å². The van der Waals surface area contributed by atoms with Gasteiger partial charge in [-0.2, -0.15) is 4.98 Å². The summed E-state index contributed by atoms with van der Waals surface area (Å²) < 4.78 is 10.7. The Morgan fingerprint density at radius 2 is 1.92 bits per heavy atom. The Labute approximate surface area is 147 Å². The van der Waals surface area contributed by atoms with E-state index >= 15 is 0 Å². The second kappa shape index (κ2) is 8.11. The molecule has 1 fully saturated rings. The van der Waals surface area contributed by atoms with Gasteiger partial charge in [0, 0.05) is 32.6 Å². The molecule has 2 heterocycles. The van der Waals surface area contributed by atoms with E-state index in [2.05, 4.69) is 28.9 Å². The molecule has 0 spiro atoms. The van der Waals surface area contributed by atoms with Crippen LogP contribution in [0.15, 0.2) is 34.9 Å². The maximum absolute atomic E-state index is 12.2. The van der Waals surface area contributed by atoms with Gasteiger partial charge in [-0.3, -0.25) is 4.90 Å². The van der Waals surface area contributed by atoms with E-state index in [1.165, 1.54) is 0 Å².